The molecule has 5 nitrogen and oxygen atoms in total. The van der Waals surface area contributed by atoms with Crippen molar-refractivity contribution < 1.29 is 13.5 Å². The molecule has 0 radical (unpaired) electrons. The first-order valence-corrected chi connectivity index (χ1v) is 6.52. The van der Waals surface area contributed by atoms with Crippen LogP contribution < -0.4 is 4.72 Å². The van der Waals surface area contributed by atoms with Crippen molar-refractivity contribution in [1.82, 2.24) is 9.29 Å². The number of aromatic nitrogens is 1. The summed E-state index contributed by atoms with van der Waals surface area (Å²) in [6.45, 7) is 3.43. The molecular formula is C10H18N2O3S. The number of hydrogen-bond acceptors (Lipinski definition) is 3. The van der Waals surface area contributed by atoms with E-state index in [4.69, 9.17) is 5.11 Å². The van der Waals surface area contributed by atoms with Crippen molar-refractivity contribution >= 4 is 10.0 Å². The molecule has 1 aromatic heterocycles. The molecule has 0 saturated carbocycles. The number of rotatable bonds is 5. The van der Waals surface area contributed by atoms with Crippen molar-refractivity contribution in [2.45, 2.75) is 30.7 Å². The van der Waals surface area contributed by atoms with Gasteiger partial charge >= 0.3 is 0 Å². The third-order valence-corrected chi connectivity index (χ3v) is 3.95. The average molecular weight is 246 g/mol. The van der Waals surface area contributed by atoms with Crippen molar-refractivity contribution in [2.24, 2.45) is 7.05 Å². The zero-order valence-corrected chi connectivity index (χ0v) is 10.6. The Bertz CT molecular complexity index is 448. The van der Waals surface area contributed by atoms with E-state index in [-0.39, 0.29) is 11.5 Å². The number of nitrogens with zero attached hydrogens (tertiary/aromatic N) is 1. The smallest absolute Gasteiger partial charge is 0.242 e. The van der Waals surface area contributed by atoms with Gasteiger partial charge < -0.3 is 9.67 Å². The van der Waals surface area contributed by atoms with Crippen LogP contribution in [0.15, 0.2) is 23.4 Å². The molecule has 0 aliphatic carbocycles. The second-order valence-corrected chi connectivity index (χ2v) is 6.16. The van der Waals surface area contributed by atoms with E-state index in [9.17, 15) is 8.42 Å². The van der Waals surface area contributed by atoms with Crippen LogP contribution >= 0.6 is 0 Å². The molecule has 1 heterocycles. The lowest BCUT2D eigenvalue weighted by molar-refractivity contribution is 0.246. The van der Waals surface area contributed by atoms with Gasteiger partial charge in [-0.15, -0.1) is 0 Å². The van der Waals surface area contributed by atoms with Crippen LogP contribution in [0.2, 0.25) is 0 Å². The fourth-order valence-corrected chi connectivity index (χ4v) is 2.88. The summed E-state index contributed by atoms with van der Waals surface area (Å²) < 4.78 is 28.1. The predicted molar refractivity (Wildman–Crippen MR) is 61.5 cm³/mol. The zero-order chi connectivity index (χ0) is 12.4. The average Bonchev–Trinajstić information content (AvgIpc) is 2.49. The van der Waals surface area contributed by atoms with Crippen LogP contribution in [-0.4, -0.2) is 30.2 Å². The Morgan fingerprint density at radius 1 is 1.50 bits per heavy atom. The molecule has 0 bridgehead atoms. The summed E-state index contributed by atoms with van der Waals surface area (Å²) in [5.74, 6) is 0. The summed E-state index contributed by atoms with van der Waals surface area (Å²) >= 11 is 0. The molecule has 6 heteroatoms. The maximum Gasteiger partial charge on any atom is 0.242 e. The van der Waals surface area contributed by atoms with E-state index < -0.39 is 15.6 Å². The van der Waals surface area contributed by atoms with Crippen LogP contribution in [0.25, 0.3) is 0 Å². The van der Waals surface area contributed by atoms with Gasteiger partial charge in [-0.3, -0.25) is 0 Å². The van der Waals surface area contributed by atoms with Gasteiger partial charge in [-0.2, -0.15) is 0 Å². The number of aryl methyl sites for hydroxylation is 1. The Balaban J connectivity index is 2.88. The molecule has 0 aromatic carbocycles. The summed E-state index contributed by atoms with van der Waals surface area (Å²) in [4.78, 5) is 0.237. The summed E-state index contributed by atoms with van der Waals surface area (Å²) in [5, 5.41) is 8.83. The van der Waals surface area contributed by atoms with Crippen molar-refractivity contribution in [3.8, 4) is 0 Å². The third-order valence-electron chi connectivity index (χ3n) is 2.26. The van der Waals surface area contributed by atoms with Gasteiger partial charge in [0.1, 0.15) is 0 Å². The number of sulfonamides is 1. The molecule has 0 aliphatic rings. The van der Waals surface area contributed by atoms with Gasteiger partial charge in [-0.1, -0.05) is 0 Å². The second-order valence-electron chi connectivity index (χ2n) is 4.48. The zero-order valence-electron chi connectivity index (χ0n) is 9.77. The summed E-state index contributed by atoms with van der Waals surface area (Å²) in [7, 11) is -1.74. The molecule has 2 N–H and O–H groups in total. The molecule has 0 aliphatic heterocycles. The Labute approximate surface area is 96.1 Å². The molecule has 0 spiro atoms. The number of nitrogens with one attached hydrogen (secondary N) is 1. The SMILES string of the molecule is Cn1ccc(S(=O)(=O)NC(C)(C)CCO)c1. The number of aliphatic hydroxyl groups excluding tert-OH is 1. The highest BCUT2D eigenvalue weighted by atomic mass is 32.2. The summed E-state index contributed by atoms with van der Waals surface area (Å²) in [5.41, 5.74) is -0.649. The lowest BCUT2D eigenvalue weighted by atomic mass is 10.0. The maximum absolute atomic E-state index is 11.9. The molecule has 92 valence electrons. The van der Waals surface area contributed by atoms with E-state index in [1.54, 1.807) is 31.7 Å². The highest BCUT2D eigenvalue weighted by Crippen LogP contribution is 2.15. The largest absolute Gasteiger partial charge is 0.396 e. The molecule has 1 rings (SSSR count). The van der Waals surface area contributed by atoms with E-state index in [2.05, 4.69) is 4.72 Å². The highest BCUT2D eigenvalue weighted by Gasteiger charge is 2.26. The van der Waals surface area contributed by atoms with Gasteiger partial charge in [0.05, 0.1) is 4.90 Å². The topological polar surface area (TPSA) is 71.3 Å². The van der Waals surface area contributed by atoms with Crippen LogP contribution in [0, 0.1) is 0 Å². The summed E-state index contributed by atoms with van der Waals surface area (Å²) in [6.07, 6.45) is 3.59. The fraction of sp³-hybridized carbons (Fsp3) is 0.600. The predicted octanol–water partition coefficient (Wildman–Crippen LogP) is 0.464. The normalized spacial score (nSPS) is 13.0. The summed E-state index contributed by atoms with van der Waals surface area (Å²) in [6, 6.07) is 1.54. The van der Waals surface area contributed by atoms with Crippen molar-refractivity contribution in [1.29, 1.82) is 0 Å². The molecule has 0 atom stereocenters. The fourth-order valence-electron chi connectivity index (χ4n) is 1.39. The standard InChI is InChI=1S/C10H18N2O3S/c1-10(2,5-7-13)11-16(14,15)9-4-6-12(3)8-9/h4,6,8,11,13H,5,7H2,1-3H3. The van der Waals surface area contributed by atoms with Crippen molar-refractivity contribution in [2.75, 3.05) is 6.61 Å². The molecule has 0 saturated heterocycles. The Hall–Kier alpha value is -0.850. The van der Waals surface area contributed by atoms with Gasteiger partial charge in [0.25, 0.3) is 0 Å². The second kappa shape index (κ2) is 4.57. The minimum absolute atomic E-state index is 0.0513. The van der Waals surface area contributed by atoms with Crippen LogP contribution in [0.4, 0.5) is 0 Å². The van der Waals surface area contributed by atoms with Gasteiger partial charge in [0.15, 0.2) is 0 Å². The van der Waals surface area contributed by atoms with Gasteiger partial charge in [0, 0.05) is 31.6 Å². The van der Waals surface area contributed by atoms with E-state index in [0.717, 1.165) is 0 Å². The first kappa shape index (κ1) is 13.2. The highest BCUT2D eigenvalue weighted by molar-refractivity contribution is 7.89. The molecular weight excluding hydrogens is 228 g/mol. The Morgan fingerprint density at radius 2 is 2.12 bits per heavy atom. The maximum atomic E-state index is 11.9. The van der Waals surface area contributed by atoms with E-state index in [1.807, 2.05) is 0 Å². The minimum atomic E-state index is -3.50. The van der Waals surface area contributed by atoms with Crippen molar-refractivity contribution in [3.63, 3.8) is 0 Å². The van der Waals surface area contributed by atoms with E-state index in [0.29, 0.717) is 6.42 Å². The van der Waals surface area contributed by atoms with Gasteiger partial charge in [-0.05, 0) is 26.3 Å². The third kappa shape index (κ3) is 3.33. The van der Waals surface area contributed by atoms with E-state index >= 15 is 0 Å². The monoisotopic (exact) mass is 246 g/mol. The Kier molecular flexibility index (Phi) is 3.77. The van der Waals surface area contributed by atoms with Crippen molar-refractivity contribution in [3.05, 3.63) is 18.5 Å². The van der Waals surface area contributed by atoms with Crippen LogP contribution in [-0.2, 0) is 17.1 Å². The van der Waals surface area contributed by atoms with E-state index in [1.165, 1.54) is 12.3 Å². The molecule has 0 unspecified atom stereocenters. The minimum Gasteiger partial charge on any atom is -0.396 e. The quantitative estimate of drug-likeness (QED) is 0.793. The molecule has 16 heavy (non-hydrogen) atoms. The lowest BCUT2D eigenvalue weighted by Crippen LogP contribution is -2.43. The van der Waals surface area contributed by atoms with Gasteiger partial charge in [-0.25, -0.2) is 13.1 Å². The number of aliphatic hydroxyl groups is 1. The first-order chi connectivity index (χ1) is 7.27. The molecule has 0 fully saturated rings. The number of hydrogen-bond donors (Lipinski definition) is 2. The van der Waals surface area contributed by atoms with Gasteiger partial charge in [0.2, 0.25) is 10.0 Å². The lowest BCUT2D eigenvalue weighted by Gasteiger charge is -2.24. The van der Waals surface area contributed by atoms with Crippen LogP contribution in [0.5, 0.6) is 0 Å². The molecule has 0 amide bonds. The first-order valence-electron chi connectivity index (χ1n) is 5.04. The molecule has 1 aromatic rings. The Morgan fingerprint density at radius 3 is 2.56 bits per heavy atom. The van der Waals surface area contributed by atoms with Crippen LogP contribution in [0.3, 0.4) is 0 Å². The van der Waals surface area contributed by atoms with Crippen LogP contribution in [0.1, 0.15) is 20.3 Å².